The van der Waals surface area contributed by atoms with E-state index in [2.05, 4.69) is 26.0 Å². The van der Waals surface area contributed by atoms with Crippen molar-refractivity contribution in [2.45, 2.75) is 38.5 Å². The van der Waals surface area contributed by atoms with Gasteiger partial charge in [0.05, 0.1) is 0 Å². The van der Waals surface area contributed by atoms with Gasteiger partial charge in [0.1, 0.15) is 0 Å². The van der Waals surface area contributed by atoms with Crippen molar-refractivity contribution >= 4 is 5.78 Å². The zero-order chi connectivity index (χ0) is 12.0. The third-order valence-corrected chi connectivity index (χ3v) is 4.56. The highest BCUT2D eigenvalue weighted by atomic mass is 16.1. The molecule has 0 heterocycles. The summed E-state index contributed by atoms with van der Waals surface area (Å²) in [6.45, 7) is 4.56. The molecule has 0 amide bonds. The molecule has 88 valence electrons. The van der Waals surface area contributed by atoms with Crippen LogP contribution in [0.3, 0.4) is 0 Å². The summed E-state index contributed by atoms with van der Waals surface area (Å²) in [5, 5.41) is 0. The van der Waals surface area contributed by atoms with Crippen LogP contribution in [0.2, 0.25) is 0 Å². The lowest BCUT2D eigenvalue weighted by Gasteiger charge is -2.43. The van der Waals surface area contributed by atoms with Gasteiger partial charge in [0, 0.05) is 11.0 Å². The SMILES string of the molecule is CC1CCCC2(C)C1=CC(=O)c1ccccc12. The highest BCUT2D eigenvalue weighted by molar-refractivity contribution is 6.08. The van der Waals surface area contributed by atoms with Crippen LogP contribution in [0.4, 0.5) is 0 Å². The van der Waals surface area contributed by atoms with E-state index in [0.717, 1.165) is 5.56 Å². The first-order valence-electron chi connectivity index (χ1n) is 6.49. The fourth-order valence-corrected chi connectivity index (χ4v) is 3.60. The van der Waals surface area contributed by atoms with E-state index in [-0.39, 0.29) is 11.2 Å². The highest BCUT2D eigenvalue weighted by Crippen LogP contribution is 2.49. The molecule has 1 aromatic rings. The maximum Gasteiger partial charge on any atom is 0.186 e. The van der Waals surface area contributed by atoms with E-state index in [0.29, 0.717) is 5.92 Å². The van der Waals surface area contributed by atoms with E-state index in [9.17, 15) is 4.79 Å². The smallest absolute Gasteiger partial charge is 0.186 e. The predicted octanol–water partition coefficient (Wildman–Crippen LogP) is 3.89. The van der Waals surface area contributed by atoms with Crippen LogP contribution < -0.4 is 0 Å². The second kappa shape index (κ2) is 3.56. The molecule has 0 aliphatic heterocycles. The van der Waals surface area contributed by atoms with Gasteiger partial charge in [-0.25, -0.2) is 0 Å². The van der Waals surface area contributed by atoms with Crippen LogP contribution in [0, 0.1) is 5.92 Å². The maximum absolute atomic E-state index is 12.2. The number of rotatable bonds is 0. The minimum absolute atomic E-state index is 0.0994. The van der Waals surface area contributed by atoms with E-state index in [4.69, 9.17) is 0 Å². The molecule has 1 heteroatoms. The molecule has 0 bridgehead atoms. The van der Waals surface area contributed by atoms with Gasteiger partial charge in [-0.3, -0.25) is 4.79 Å². The lowest BCUT2D eigenvalue weighted by Crippen LogP contribution is -2.36. The predicted molar refractivity (Wildman–Crippen MR) is 69.2 cm³/mol. The molecule has 2 aliphatic rings. The molecule has 0 radical (unpaired) electrons. The van der Waals surface area contributed by atoms with Crippen LogP contribution in [0.15, 0.2) is 35.9 Å². The number of hydrogen-bond donors (Lipinski definition) is 0. The monoisotopic (exact) mass is 226 g/mol. The molecule has 1 aromatic carbocycles. The van der Waals surface area contributed by atoms with Crippen molar-refractivity contribution in [1.29, 1.82) is 0 Å². The molecule has 3 rings (SSSR count). The number of hydrogen-bond acceptors (Lipinski definition) is 1. The first-order chi connectivity index (χ1) is 8.13. The summed E-state index contributed by atoms with van der Waals surface area (Å²) < 4.78 is 0. The average Bonchev–Trinajstić information content (AvgIpc) is 2.33. The molecule has 2 unspecified atom stereocenters. The van der Waals surface area contributed by atoms with E-state index >= 15 is 0 Å². The Kier molecular flexibility index (Phi) is 2.25. The molecule has 17 heavy (non-hydrogen) atoms. The van der Waals surface area contributed by atoms with E-state index in [1.807, 2.05) is 18.2 Å². The molecule has 0 spiro atoms. The van der Waals surface area contributed by atoms with Gasteiger partial charge >= 0.3 is 0 Å². The second-order valence-corrected chi connectivity index (χ2v) is 5.63. The van der Waals surface area contributed by atoms with Crippen molar-refractivity contribution < 1.29 is 4.79 Å². The molecule has 0 N–H and O–H groups in total. The molecule has 1 nitrogen and oxygen atoms in total. The summed E-state index contributed by atoms with van der Waals surface area (Å²) in [6.07, 6.45) is 5.56. The number of allylic oxidation sites excluding steroid dienone is 2. The first-order valence-corrected chi connectivity index (χ1v) is 6.49. The summed E-state index contributed by atoms with van der Waals surface area (Å²) >= 11 is 0. The molecular formula is C16H18O. The Morgan fingerprint density at radius 1 is 1.29 bits per heavy atom. The van der Waals surface area contributed by atoms with Gasteiger partial charge in [-0.15, -0.1) is 0 Å². The quantitative estimate of drug-likeness (QED) is 0.656. The van der Waals surface area contributed by atoms with Crippen LogP contribution in [-0.2, 0) is 5.41 Å². The third-order valence-electron chi connectivity index (χ3n) is 4.56. The van der Waals surface area contributed by atoms with Crippen LogP contribution >= 0.6 is 0 Å². The second-order valence-electron chi connectivity index (χ2n) is 5.63. The van der Waals surface area contributed by atoms with Crippen molar-refractivity contribution in [3.05, 3.63) is 47.0 Å². The fourth-order valence-electron chi connectivity index (χ4n) is 3.60. The molecule has 1 saturated carbocycles. The fraction of sp³-hybridized carbons (Fsp3) is 0.438. The molecular weight excluding hydrogens is 208 g/mol. The summed E-state index contributed by atoms with van der Waals surface area (Å²) in [5.74, 6) is 0.743. The largest absolute Gasteiger partial charge is 0.289 e. The third kappa shape index (κ3) is 1.41. The standard InChI is InChI=1S/C16H18O/c1-11-6-5-9-16(2)13-8-4-3-7-12(13)15(17)10-14(11)16/h3-4,7-8,10-11H,5-6,9H2,1-2H3. The Morgan fingerprint density at radius 2 is 2.06 bits per heavy atom. The summed E-state index contributed by atoms with van der Waals surface area (Å²) in [6, 6.07) is 8.12. The number of carbonyl (C=O) groups is 1. The van der Waals surface area contributed by atoms with Crippen molar-refractivity contribution in [3.8, 4) is 0 Å². The Labute approximate surface area is 103 Å². The van der Waals surface area contributed by atoms with Crippen LogP contribution in [0.1, 0.15) is 49.0 Å². The van der Waals surface area contributed by atoms with Gasteiger partial charge in [0.15, 0.2) is 5.78 Å². The Hall–Kier alpha value is -1.37. The van der Waals surface area contributed by atoms with E-state index in [1.165, 1.54) is 30.4 Å². The average molecular weight is 226 g/mol. The zero-order valence-corrected chi connectivity index (χ0v) is 10.5. The summed E-state index contributed by atoms with van der Waals surface area (Å²) in [7, 11) is 0. The molecule has 2 aliphatic carbocycles. The normalized spacial score (nSPS) is 31.5. The maximum atomic E-state index is 12.2. The number of ketones is 1. The van der Waals surface area contributed by atoms with Crippen molar-refractivity contribution in [1.82, 2.24) is 0 Å². The summed E-state index contributed by atoms with van der Waals surface area (Å²) in [4.78, 5) is 12.2. The highest BCUT2D eigenvalue weighted by Gasteiger charge is 2.41. The lowest BCUT2D eigenvalue weighted by molar-refractivity contribution is 0.103. The topological polar surface area (TPSA) is 17.1 Å². The molecule has 0 saturated heterocycles. The van der Waals surface area contributed by atoms with Crippen molar-refractivity contribution in [3.63, 3.8) is 0 Å². The molecule has 0 aromatic heterocycles. The Morgan fingerprint density at radius 3 is 2.88 bits per heavy atom. The minimum Gasteiger partial charge on any atom is -0.289 e. The number of fused-ring (bicyclic) bond motifs is 3. The van der Waals surface area contributed by atoms with E-state index in [1.54, 1.807) is 0 Å². The van der Waals surface area contributed by atoms with Crippen LogP contribution in [0.5, 0.6) is 0 Å². The van der Waals surface area contributed by atoms with Crippen LogP contribution in [0.25, 0.3) is 0 Å². The first kappa shape index (κ1) is 10.8. The molecule has 2 atom stereocenters. The van der Waals surface area contributed by atoms with Gasteiger partial charge < -0.3 is 0 Å². The van der Waals surface area contributed by atoms with E-state index < -0.39 is 0 Å². The van der Waals surface area contributed by atoms with Gasteiger partial charge in [0.2, 0.25) is 0 Å². The van der Waals surface area contributed by atoms with Gasteiger partial charge in [-0.1, -0.05) is 50.1 Å². The van der Waals surface area contributed by atoms with Crippen LogP contribution in [-0.4, -0.2) is 5.78 Å². The summed E-state index contributed by atoms with van der Waals surface area (Å²) in [5.41, 5.74) is 3.61. The Balaban J connectivity index is 2.23. The lowest BCUT2D eigenvalue weighted by atomic mass is 9.60. The zero-order valence-electron chi connectivity index (χ0n) is 10.5. The number of carbonyl (C=O) groups excluding carboxylic acids is 1. The van der Waals surface area contributed by atoms with Crippen molar-refractivity contribution in [2.24, 2.45) is 5.92 Å². The van der Waals surface area contributed by atoms with Gasteiger partial charge in [-0.05, 0) is 30.4 Å². The Bertz CT molecular complexity index is 512. The van der Waals surface area contributed by atoms with Crippen molar-refractivity contribution in [2.75, 3.05) is 0 Å². The van der Waals surface area contributed by atoms with Gasteiger partial charge in [0.25, 0.3) is 0 Å². The minimum atomic E-state index is 0.0994. The van der Waals surface area contributed by atoms with Gasteiger partial charge in [-0.2, -0.15) is 0 Å². The molecule has 1 fully saturated rings. The number of benzene rings is 1.